The number of halogens is 3. The van der Waals surface area contributed by atoms with Crippen LogP contribution in [0, 0.1) is 17.5 Å². The highest BCUT2D eigenvalue weighted by Gasteiger charge is 2.24. The van der Waals surface area contributed by atoms with Crippen LogP contribution in [0.25, 0.3) is 0 Å². The molecule has 112 valence electrons. The van der Waals surface area contributed by atoms with Gasteiger partial charge >= 0.3 is 0 Å². The van der Waals surface area contributed by atoms with E-state index in [0.29, 0.717) is 6.07 Å². The van der Waals surface area contributed by atoms with Gasteiger partial charge < -0.3 is 0 Å². The molecular weight excluding hydrogens is 303 g/mol. The molecule has 2 aromatic rings. The molecule has 0 unspecified atom stereocenters. The summed E-state index contributed by atoms with van der Waals surface area (Å²) in [5.74, 6) is -2.50. The number of hydrogen-bond donors (Lipinski definition) is 0. The quantitative estimate of drug-likeness (QED) is 0.870. The second kappa shape index (κ2) is 5.87. The van der Waals surface area contributed by atoms with Crippen LogP contribution in [0.3, 0.4) is 0 Å². The molecule has 0 spiro atoms. The Balaban J connectivity index is 2.31. The number of hydrogen-bond acceptors (Lipinski definition) is 2. The molecule has 0 aromatic heterocycles. The maximum atomic E-state index is 13.6. The predicted octanol–water partition coefficient (Wildman–Crippen LogP) is 2.92. The molecule has 0 bridgehead atoms. The monoisotopic (exact) mass is 315 g/mol. The molecule has 0 N–H and O–H groups in total. The third-order valence-corrected chi connectivity index (χ3v) is 4.77. The lowest BCUT2D eigenvalue weighted by molar-refractivity contribution is 0.449. The second-order valence-electron chi connectivity index (χ2n) is 4.43. The van der Waals surface area contributed by atoms with Crippen LogP contribution in [-0.4, -0.2) is 19.8 Å². The molecule has 3 nitrogen and oxygen atoms in total. The third-order valence-electron chi connectivity index (χ3n) is 2.93. The zero-order valence-corrected chi connectivity index (χ0v) is 11.9. The third kappa shape index (κ3) is 3.25. The maximum absolute atomic E-state index is 13.6. The summed E-state index contributed by atoms with van der Waals surface area (Å²) in [4.78, 5) is -0.491. The van der Waals surface area contributed by atoms with Gasteiger partial charge in [0.15, 0.2) is 0 Å². The molecule has 0 amide bonds. The summed E-state index contributed by atoms with van der Waals surface area (Å²) in [7, 11) is -2.90. The molecule has 0 saturated heterocycles. The fourth-order valence-electron chi connectivity index (χ4n) is 1.80. The van der Waals surface area contributed by atoms with E-state index in [4.69, 9.17) is 0 Å². The van der Waals surface area contributed by atoms with Crippen LogP contribution in [0.2, 0.25) is 0 Å². The van der Waals surface area contributed by atoms with Gasteiger partial charge in [-0.15, -0.1) is 0 Å². The van der Waals surface area contributed by atoms with Crippen molar-refractivity contribution in [1.29, 1.82) is 0 Å². The molecule has 0 radical (unpaired) electrons. The highest BCUT2D eigenvalue weighted by Crippen LogP contribution is 2.20. The van der Waals surface area contributed by atoms with Crippen LogP contribution in [0.4, 0.5) is 13.2 Å². The Morgan fingerprint density at radius 3 is 2.29 bits per heavy atom. The van der Waals surface area contributed by atoms with Crippen molar-refractivity contribution >= 4 is 10.0 Å². The minimum absolute atomic E-state index is 0.00110. The van der Waals surface area contributed by atoms with Gasteiger partial charge in [0.25, 0.3) is 0 Å². The fraction of sp³-hybridized carbons (Fsp3) is 0.143. The highest BCUT2D eigenvalue weighted by molar-refractivity contribution is 7.89. The predicted molar refractivity (Wildman–Crippen MR) is 71.4 cm³/mol. The van der Waals surface area contributed by atoms with E-state index in [9.17, 15) is 21.6 Å². The van der Waals surface area contributed by atoms with E-state index < -0.39 is 32.4 Å². The first-order valence-electron chi connectivity index (χ1n) is 5.97. The van der Waals surface area contributed by atoms with Crippen molar-refractivity contribution in [3.05, 3.63) is 65.5 Å². The Morgan fingerprint density at radius 1 is 1.00 bits per heavy atom. The van der Waals surface area contributed by atoms with E-state index in [1.807, 2.05) is 0 Å². The van der Waals surface area contributed by atoms with Crippen molar-refractivity contribution in [2.45, 2.75) is 11.4 Å². The first kappa shape index (κ1) is 15.5. The Hall–Kier alpha value is -1.86. The van der Waals surface area contributed by atoms with Crippen LogP contribution in [0.5, 0.6) is 0 Å². The molecule has 0 aliphatic heterocycles. The Morgan fingerprint density at radius 2 is 1.67 bits per heavy atom. The van der Waals surface area contributed by atoms with Crippen LogP contribution in [0.15, 0.2) is 47.4 Å². The molecule has 7 heteroatoms. The van der Waals surface area contributed by atoms with Crippen LogP contribution in [-0.2, 0) is 16.6 Å². The van der Waals surface area contributed by atoms with E-state index in [1.165, 1.54) is 19.2 Å². The van der Waals surface area contributed by atoms with E-state index in [-0.39, 0.29) is 12.1 Å². The summed E-state index contributed by atoms with van der Waals surface area (Å²) in [6.07, 6.45) is 0. The van der Waals surface area contributed by atoms with Crippen molar-refractivity contribution in [3.8, 4) is 0 Å². The summed E-state index contributed by atoms with van der Waals surface area (Å²) in [6.45, 7) is -0.331. The lowest BCUT2D eigenvalue weighted by atomic mass is 10.2. The summed E-state index contributed by atoms with van der Waals surface area (Å²) in [6, 6.07) is 7.76. The topological polar surface area (TPSA) is 37.4 Å². The van der Waals surface area contributed by atoms with Gasteiger partial charge in [0.2, 0.25) is 10.0 Å². The van der Waals surface area contributed by atoms with Gasteiger partial charge in [-0.3, -0.25) is 0 Å². The van der Waals surface area contributed by atoms with Crippen molar-refractivity contribution in [3.63, 3.8) is 0 Å². The van der Waals surface area contributed by atoms with Crippen LogP contribution >= 0.6 is 0 Å². The normalized spacial score (nSPS) is 11.9. The van der Waals surface area contributed by atoms with Gasteiger partial charge in [-0.05, 0) is 18.2 Å². The molecule has 0 heterocycles. The number of nitrogens with zero attached hydrogens (tertiary/aromatic N) is 1. The van der Waals surface area contributed by atoms with Crippen LogP contribution in [0.1, 0.15) is 5.56 Å². The molecule has 0 aliphatic carbocycles. The smallest absolute Gasteiger partial charge is 0.207 e. The average Bonchev–Trinajstić information content (AvgIpc) is 2.42. The molecule has 0 aliphatic rings. The van der Waals surface area contributed by atoms with Crippen molar-refractivity contribution in [2.75, 3.05) is 7.05 Å². The van der Waals surface area contributed by atoms with Gasteiger partial charge in [-0.2, -0.15) is 4.31 Å². The average molecular weight is 315 g/mol. The molecule has 0 saturated carbocycles. The maximum Gasteiger partial charge on any atom is 0.246 e. The Labute approximate surface area is 120 Å². The van der Waals surface area contributed by atoms with E-state index in [1.54, 1.807) is 0 Å². The number of sulfonamides is 1. The molecular formula is C14H12F3NO2S. The number of rotatable bonds is 4. The Bertz CT molecular complexity index is 763. The first-order valence-corrected chi connectivity index (χ1v) is 7.41. The van der Waals surface area contributed by atoms with Crippen molar-refractivity contribution < 1.29 is 21.6 Å². The molecule has 2 rings (SSSR count). The summed E-state index contributed by atoms with van der Waals surface area (Å²) >= 11 is 0. The minimum Gasteiger partial charge on any atom is -0.207 e. The van der Waals surface area contributed by atoms with Crippen molar-refractivity contribution in [2.24, 2.45) is 0 Å². The van der Waals surface area contributed by atoms with Gasteiger partial charge in [-0.25, -0.2) is 21.6 Å². The summed E-state index contributed by atoms with van der Waals surface area (Å²) < 4.78 is 65.2. The van der Waals surface area contributed by atoms with E-state index in [0.717, 1.165) is 28.6 Å². The molecule has 2 aromatic carbocycles. The standard InChI is InChI=1S/C14H12F3NO2S/c1-18(9-10-6-7-11(15)8-13(10)17)21(19,20)14-5-3-2-4-12(14)16/h2-8H,9H2,1H3. The fourth-order valence-corrected chi connectivity index (χ4v) is 3.01. The van der Waals surface area contributed by atoms with Gasteiger partial charge in [0.1, 0.15) is 22.3 Å². The molecule has 0 atom stereocenters. The van der Waals surface area contributed by atoms with Gasteiger partial charge in [-0.1, -0.05) is 18.2 Å². The first-order chi connectivity index (χ1) is 9.82. The zero-order valence-electron chi connectivity index (χ0n) is 11.1. The summed E-state index contributed by atoms with van der Waals surface area (Å²) in [5.41, 5.74) is -0.00110. The molecule has 21 heavy (non-hydrogen) atoms. The van der Waals surface area contributed by atoms with Crippen molar-refractivity contribution in [1.82, 2.24) is 4.31 Å². The summed E-state index contributed by atoms with van der Waals surface area (Å²) in [5, 5.41) is 0. The largest absolute Gasteiger partial charge is 0.246 e. The molecule has 0 fully saturated rings. The van der Waals surface area contributed by atoms with E-state index >= 15 is 0 Å². The lowest BCUT2D eigenvalue weighted by Gasteiger charge is -2.18. The Kier molecular flexibility index (Phi) is 4.34. The second-order valence-corrected chi connectivity index (χ2v) is 6.44. The van der Waals surface area contributed by atoms with E-state index in [2.05, 4.69) is 0 Å². The highest BCUT2D eigenvalue weighted by atomic mass is 32.2. The number of benzene rings is 2. The lowest BCUT2D eigenvalue weighted by Crippen LogP contribution is -2.27. The van der Waals surface area contributed by atoms with Gasteiger partial charge in [0.05, 0.1) is 0 Å². The zero-order chi connectivity index (χ0) is 15.6. The SMILES string of the molecule is CN(Cc1ccc(F)cc1F)S(=O)(=O)c1ccccc1F. The van der Waals surface area contributed by atoms with Gasteiger partial charge in [0, 0.05) is 25.2 Å². The minimum atomic E-state index is -4.10. The van der Waals surface area contributed by atoms with Crippen LogP contribution < -0.4 is 0 Å².